The Bertz CT molecular complexity index is 557. The van der Waals surface area contributed by atoms with Crippen LogP contribution < -0.4 is 0 Å². The highest BCUT2D eigenvalue weighted by molar-refractivity contribution is 7.99. The van der Waals surface area contributed by atoms with E-state index in [0.29, 0.717) is 12.3 Å². The van der Waals surface area contributed by atoms with Crippen LogP contribution in [-0.2, 0) is 17.1 Å². The lowest BCUT2D eigenvalue weighted by molar-refractivity contribution is -0.127. The molecule has 0 aliphatic heterocycles. The molecule has 0 fully saturated rings. The number of halogens is 1. The van der Waals surface area contributed by atoms with Gasteiger partial charge in [0.2, 0.25) is 5.91 Å². The van der Waals surface area contributed by atoms with Gasteiger partial charge in [-0.25, -0.2) is 0 Å². The molecule has 0 bridgehead atoms. The highest BCUT2D eigenvalue weighted by Crippen LogP contribution is 2.21. The molecular weight excluding hydrogens is 310 g/mol. The Morgan fingerprint density at radius 2 is 2.10 bits per heavy atom. The van der Waals surface area contributed by atoms with E-state index in [1.165, 1.54) is 4.88 Å². The Hall–Kier alpha value is -0.970. The molecule has 0 aliphatic carbocycles. The molecule has 1 aromatic carbocycles. The molecule has 2 aromatic rings. The summed E-state index contributed by atoms with van der Waals surface area (Å²) in [5.74, 6) is 1.39. The van der Waals surface area contributed by atoms with Crippen LogP contribution in [0.1, 0.15) is 10.4 Å². The summed E-state index contributed by atoms with van der Waals surface area (Å²) in [6.45, 7) is 0.684. The quantitative estimate of drug-likeness (QED) is 0.789. The standard InChI is InChI=1S/C15H16ClNOS2/c1-17(9-13-6-4-8-20-13)15(18)11-19-10-12-5-2-3-7-14(12)16/h2-8H,9-11H2,1H3. The number of benzene rings is 1. The molecule has 5 heteroatoms. The van der Waals surface area contributed by atoms with E-state index in [9.17, 15) is 4.79 Å². The van der Waals surface area contributed by atoms with Gasteiger partial charge in [-0.1, -0.05) is 35.9 Å². The number of rotatable bonds is 6. The van der Waals surface area contributed by atoms with Crippen LogP contribution in [0.15, 0.2) is 41.8 Å². The highest BCUT2D eigenvalue weighted by atomic mass is 35.5. The monoisotopic (exact) mass is 325 g/mol. The number of thiophene rings is 1. The number of hydrogen-bond acceptors (Lipinski definition) is 3. The van der Waals surface area contributed by atoms with Crippen LogP contribution in [-0.4, -0.2) is 23.6 Å². The molecule has 0 atom stereocenters. The minimum absolute atomic E-state index is 0.149. The fraction of sp³-hybridized carbons (Fsp3) is 0.267. The third kappa shape index (κ3) is 4.54. The highest BCUT2D eigenvalue weighted by Gasteiger charge is 2.10. The van der Waals surface area contributed by atoms with Crippen molar-refractivity contribution in [2.45, 2.75) is 12.3 Å². The molecule has 0 aliphatic rings. The average Bonchev–Trinajstić information content (AvgIpc) is 2.93. The largest absolute Gasteiger partial charge is 0.340 e. The minimum atomic E-state index is 0.149. The Morgan fingerprint density at radius 3 is 2.80 bits per heavy atom. The van der Waals surface area contributed by atoms with Crippen molar-refractivity contribution in [3.8, 4) is 0 Å². The summed E-state index contributed by atoms with van der Waals surface area (Å²) in [6, 6.07) is 11.8. The molecular formula is C15H16ClNOS2. The van der Waals surface area contributed by atoms with Crippen LogP contribution >= 0.6 is 34.7 Å². The molecule has 106 valence electrons. The van der Waals surface area contributed by atoms with E-state index in [2.05, 4.69) is 0 Å². The van der Waals surface area contributed by atoms with Gasteiger partial charge < -0.3 is 4.90 Å². The van der Waals surface area contributed by atoms with Gasteiger partial charge in [0.25, 0.3) is 0 Å². The van der Waals surface area contributed by atoms with Gasteiger partial charge in [-0.15, -0.1) is 23.1 Å². The first-order chi connectivity index (χ1) is 9.66. The van der Waals surface area contributed by atoms with Crippen molar-refractivity contribution in [1.29, 1.82) is 0 Å². The van der Waals surface area contributed by atoms with Crippen LogP contribution in [0.25, 0.3) is 0 Å². The van der Waals surface area contributed by atoms with Crippen LogP contribution in [0.2, 0.25) is 5.02 Å². The lowest BCUT2D eigenvalue weighted by atomic mass is 10.2. The van der Waals surface area contributed by atoms with E-state index >= 15 is 0 Å². The van der Waals surface area contributed by atoms with Gasteiger partial charge in [-0.3, -0.25) is 4.79 Å². The third-order valence-corrected chi connectivity index (χ3v) is 5.04. The molecule has 1 amide bonds. The topological polar surface area (TPSA) is 20.3 Å². The molecule has 0 saturated carbocycles. The molecule has 0 N–H and O–H groups in total. The van der Waals surface area contributed by atoms with Gasteiger partial charge in [0.15, 0.2) is 0 Å². The summed E-state index contributed by atoms with van der Waals surface area (Å²) < 4.78 is 0. The number of carbonyl (C=O) groups excluding carboxylic acids is 1. The van der Waals surface area contributed by atoms with Gasteiger partial charge in [-0.2, -0.15) is 0 Å². The van der Waals surface area contributed by atoms with Crippen molar-refractivity contribution < 1.29 is 4.79 Å². The molecule has 0 unspecified atom stereocenters. The zero-order chi connectivity index (χ0) is 14.4. The molecule has 1 aromatic heterocycles. The van der Waals surface area contributed by atoms with Gasteiger partial charge in [0, 0.05) is 22.7 Å². The molecule has 2 nitrogen and oxygen atoms in total. The van der Waals surface area contributed by atoms with E-state index in [0.717, 1.165) is 16.3 Å². The van der Waals surface area contributed by atoms with Crippen LogP contribution in [0.3, 0.4) is 0 Å². The molecule has 0 spiro atoms. The Kier molecular flexibility index (Phi) is 5.95. The average molecular weight is 326 g/mol. The molecule has 0 saturated heterocycles. The minimum Gasteiger partial charge on any atom is -0.340 e. The Morgan fingerprint density at radius 1 is 1.30 bits per heavy atom. The number of hydrogen-bond donors (Lipinski definition) is 0. The zero-order valence-electron chi connectivity index (χ0n) is 11.2. The van der Waals surface area contributed by atoms with Crippen molar-refractivity contribution in [3.63, 3.8) is 0 Å². The predicted molar refractivity (Wildman–Crippen MR) is 88.4 cm³/mol. The maximum atomic E-state index is 12.0. The van der Waals surface area contributed by atoms with E-state index in [1.54, 1.807) is 28.0 Å². The first-order valence-electron chi connectivity index (χ1n) is 6.24. The van der Waals surface area contributed by atoms with Crippen LogP contribution in [0.5, 0.6) is 0 Å². The second-order valence-electron chi connectivity index (χ2n) is 4.41. The zero-order valence-corrected chi connectivity index (χ0v) is 13.6. The van der Waals surface area contributed by atoms with Crippen LogP contribution in [0.4, 0.5) is 0 Å². The molecule has 20 heavy (non-hydrogen) atoms. The smallest absolute Gasteiger partial charge is 0.232 e. The van der Waals surface area contributed by atoms with E-state index in [-0.39, 0.29) is 5.91 Å². The summed E-state index contributed by atoms with van der Waals surface area (Å²) in [6.07, 6.45) is 0. The third-order valence-electron chi connectivity index (χ3n) is 2.84. The van der Waals surface area contributed by atoms with Crippen LogP contribution in [0, 0.1) is 0 Å². The summed E-state index contributed by atoms with van der Waals surface area (Å²) in [4.78, 5) is 15.0. The summed E-state index contributed by atoms with van der Waals surface area (Å²) in [5.41, 5.74) is 1.08. The predicted octanol–water partition coefficient (Wildman–Crippen LogP) is 4.29. The second-order valence-corrected chi connectivity index (χ2v) is 6.84. The lowest BCUT2D eigenvalue weighted by Gasteiger charge is -2.16. The van der Waals surface area contributed by atoms with Crippen molar-refractivity contribution in [3.05, 3.63) is 57.2 Å². The maximum Gasteiger partial charge on any atom is 0.232 e. The van der Waals surface area contributed by atoms with Gasteiger partial charge in [-0.05, 0) is 23.1 Å². The molecule has 1 heterocycles. The number of nitrogens with zero attached hydrogens (tertiary/aromatic N) is 1. The summed E-state index contributed by atoms with van der Waals surface area (Å²) in [7, 11) is 1.85. The summed E-state index contributed by atoms with van der Waals surface area (Å²) >= 11 is 9.36. The second kappa shape index (κ2) is 7.72. The van der Waals surface area contributed by atoms with E-state index < -0.39 is 0 Å². The van der Waals surface area contributed by atoms with Gasteiger partial charge in [0.1, 0.15) is 0 Å². The van der Waals surface area contributed by atoms with Gasteiger partial charge >= 0.3 is 0 Å². The lowest BCUT2D eigenvalue weighted by Crippen LogP contribution is -2.27. The first-order valence-corrected chi connectivity index (χ1v) is 8.65. The Balaban J connectivity index is 1.76. The SMILES string of the molecule is CN(Cc1cccs1)C(=O)CSCc1ccccc1Cl. The van der Waals surface area contributed by atoms with Crippen molar-refractivity contribution in [2.24, 2.45) is 0 Å². The van der Waals surface area contributed by atoms with E-state index in [1.807, 2.05) is 48.8 Å². The van der Waals surface area contributed by atoms with E-state index in [4.69, 9.17) is 11.6 Å². The number of amides is 1. The normalized spacial score (nSPS) is 10.5. The van der Waals surface area contributed by atoms with Crippen molar-refractivity contribution in [2.75, 3.05) is 12.8 Å². The van der Waals surface area contributed by atoms with Gasteiger partial charge in [0.05, 0.1) is 12.3 Å². The number of thioether (sulfide) groups is 1. The first kappa shape index (κ1) is 15.4. The Labute approximate surface area is 132 Å². The maximum absolute atomic E-state index is 12.0. The molecule has 2 rings (SSSR count). The fourth-order valence-electron chi connectivity index (χ4n) is 1.70. The fourth-order valence-corrected chi connectivity index (χ4v) is 3.71. The summed E-state index contributed by atoms with van der Waals surface area (Å²) in [5, 5.41) is 2.79. The molecule has 0 radical (unpaired) electrons. The van der Waals surface area contributed by atoms with Crippen molar-refractivity contribution >= 4 is 40.6 Å². The number of carbonyl (C=O) groups is 1. The van der Waals surface area contributed by atoms with Crippen molar-refractivity contribution in [1.82, 2.24) is 4.90 Å².